The van der Waals surface area contributed by atoms with Crippen molar-refractivity contribution in [2.45, 2.75) is 33.2 Å². The van der Waals surface area contributed by atoms with Crippen LogP contribution in [0.4, 0.5) is 4.79 Å². The van der Waals surface area contributed by atoms with Gasteiger partial charge in [0.25, 0.3) is 0 Å². The first kappa shape index (κ1) is 17.0. The maximum absolute atomic E-state index is 12.0. The molecule has 1 rings (SSSR count). The zero-order valence-corrected chi connectivity index (χ0v) is 12.9. The first-order chi connectivity index (χ1) is 9.88. The van der Waals surface area contributed by atoms with Gasteiger partial charge in [0.1, 0.15) is 0 Å². The monoisotopic (exact) mass is 292 g/mol. The standard InChI is InChI=1S/C16H24N2O3/c1-12-5-4-6-14(9-12)11-18(3)16(21)17-10-13(2)7-8-15(19)20/h4-6,9,13H,7-8,10-11H2,1-3H3,(H,17,21)(H,19,20). The number of urea groups is 1. The number of benzene rings is 1. The van der Waals surface area contributed by atoms with Crippen molar-refractivity contribution < 1.29 is 14.7 Å². The first-order valence-corrected chi connectivity index (χ1v) is 7.14. The molecule has 1 atom stereocenters. The summed E-state index contributed by atoms with van der Waals surface area (Å²) in [7, 11) is 1.75. The molecule has 2 amide bonds. The summed E-state index contributed by atoms with van der Waals surface area (Å²) >= 11 is 0. The van der Waals surface area contributed by atoms with E-state index in [0.29, 0.717) is 19.5 Å². The summed E-state index contributed by atoms with van der Waals surface area (Å²) in [6.07, 6.45) is 0.702. The minimum absolute atomic E-state index is 0.135. The highest BCUT2D eigenvalue weighted by Gasteiger charge is 2.11. The van der Waals surface area contributed by atoms with Crippen molar-refractivity contribution in [3.63, 3.8) is 0 Å². The number of carboxylic acid groups (broad SMARTS) is 1. The van der Waals surface area contributed by atoms with Crippen molar-refractivity contribution in [3.05, 3.63) is 35.4 Å². The van der Waals surface area contributed by atoms with Gasteiger partial charge in [-0.1, -0.05) is 36.8 Å². The zero-order chi connectivity index (χ0) is 15.8. The van der Waals surface area contributed by atoms with E-state index in [2.05, 4.69) is 11.4 Å². The Labute approximate surface area is 126 Å². The molecule has 1 aromatic carbocycles. The van der Waals surface area contributed by atoms with Gasteiger partial charge in [0, 0.05) is 26.6 Å². The highest BCUT2D eigenvalue weighted by molar-refractivity contribution is 5.73. The second-order valence-corrected chi connectivity index (χ2v) is 5.57. The number of carbonyl (C=O) groups excluding carboxylic acids is 1. The number of carboxylic acids is 1. The summed E-state index contributed by atoms with van der Waals surface area (Å²) in [5.41, 5.74) is 2.26. The minimum atomic E-state index is -0.801. The number of hydrogen-bond acceptors (Lipinski definition) is 2. The topological polar surface area (TPSA) is 69.6 Å². The van der Waals surface area contributed by atoms with Gasteiger partial charge < -0.3 is 15.3 Å². The quantitative estimate of drug-likeness (QED) is 0.811. The molecule has 1 aromatic rings. The number of aryl methyl sites for hydroxylation is 1. The number of nitrogens with zero attached hydrogens (tertiary/aromatic N) is 1. The molecule has 0 aliphatic carbocycles. The fourth-order valence-electron chi connectivity index (χ4n) is 2.02. The van der Waals surface area contributed by atoms with Crippen LogP contribution in [0.3, 0.4) is 0 Å². The summed E-state index contributed by atoms with van der Waals surface area (Å²) in [4.78, 5) is 24.1. The van der Waals surface area contributed by atoms with Gasteiger partial charge in [0.15, 0.2) is 0 Å². The molecule has 0 heterocycles. The molecule has 0 radical (unpaired) electrons. The van der Waals surface area contributed by atoms with Gasteiger partial charge in [0.05, 0.1) is 0 Å². The van der Waals surface area contributed by atoms with Gasteiger partial charge in [-0.15, -0.1) is 0 Å². The van der Waals surface area contributed by atoms with Crippen LogP contribution in [0, 0.1) is 12.8 Å². The number of amides is 2. The smallest absolute Gasteiger partial charge is 0.317 e. The van der Waals surface area contributed by atoms with Crippen molar-refractivity contribution in [2.24, 2.45) is 5.92 Å². The molecule has 0 aliphatic rings. The van der Waals surface area contributed by atoms with E-state index in [-0.39, 0.29) is 18.4 Å². The van der Waals surface area contributed by atoms with Crippen LogP contribution in [0.15, 0.2) is 24.3 Å². The van der Waals surface area contributed by atoms with E-state index < -0.39 is 5.97 Å². The second-order valence-electron chi connectivity index (χ2n) is 5.57. The molecule has 0 aromatic heterocycles. The lowest BCUT2D eigenvalue weighted by molar-refractivity contribution is -0.137. The molecule has 0 saturated heterocycles. The molecule has 0 spiro atoms. The average molecular weight is 292 g/mol. The molecule has 1 unspecified atom stereocenters. The molecule has 5 heteroatoms. The second kappa shape index (κ2) is 8.29. The Morgan fingerprint density at radius 3 is 2.71 bits per heavy atom. The Morgan fingerprint density at radius 1 is 1.38 bits per heavy atom. The maximum atomic E-state index is 12.0. The van der Waals surface area contributed by atoms with Gasteiger partial charge in [0.2, 0.25) is 0 Å². The molecule has 21 heavy (non-hydrogen) atoms. The minimum Gasteiger partial charge on any atom is -0.481 e. The molecule has 116 valence electrons. The Morgan fingerprint density at radius 2 is 2.10 bits per heavy atom. The summed E-state index contributed by atoms with van der Waals surface area (Å²) in [5, 5.41) is 11.5. The third-order valence-electron chi connectivity index (χ3n) is 3.30. The number of rotatable bonds is 7. The number of nitrogens with one attached hydrogen (secondary N) is 1. The van der Waals surface area contributed by atoms with Crippen LogP contribution in [0.5, 0.6) is 0 Å². The predicted molar refractivity (Wildman–Crippen MR) is 82.1 cm³/mol. The Kier molecular flexibility index (Phi) is 6.72. The van der Waals surface area contributed by atoms with Gasteiger partial charge in [-0.05, 0) is 24.8 Å². The lowest BCUT2D eigenvalue weighted by Gasteiger charge is -2.20. The summed E-state index contributed by atoms with van der Waals surface area (Å²) < 4.78 is 0. The first-order valence-electron chi connectivity index (χ1n) is 7.14. The summed E-state index contributed by atoms with van der Waals surface area (Å²) in [6.45, 7) is 5.00. The van der Waals surface area contributed by atoms with E-state index in [1.165, 1.54) is 5.56 Å². The van der Waals surface area contributed by atoms with Crippen LogP contribution in [0.25, 0.3) is 0 Å². The Bertz CT molecular complexity index is 488. The summed E-state index contributed by atoms with van der Waals surface area (Å²) in [5.74, 6) is -0.651. The third-order valence-corrected chi connectivity index (χ3v) is 3.30. The van der Waals surface area contributed by atoms with E-state index in [0.717, 1.165) is 5.56 Å². The van der Waals surface area contributed by atoms with Crippen LogP contribution in [0.2, 0.25) is 0 Å². The average Bonchev–Trinajstić information content (AvgIpc) is 2.42. The van der Waals surface area contributed by atoms with E-state index in [1.54, 1.807) is 11.9 Å². The van der Waals surface area contributed by atoms with Gasteiger partial charge in [-0.2, -0.15) is 0 Å². The predicted octanol–water partition coefficient (Wildman–Crippen LogP) is 2.64. The van der Waals surface area contributed by atoms with Crippen molar-refractivity contribution >= 4 is 12.0 Å². The number of hydrogen-bond donors (Lipinski definition) is 2. The SMILES string of the molecule is Cc1cccc(CN(C)C(=O)NCC(C)CCC(=O)O)c1. The maximum Gasteiger partial charge on any atom is 0.317 e. The molecule has 2 N–H and O–H groups in total. The molecule has 5 nitrogen and oxygen atoms in total. The fraction of sp³-hybridized carbons (Fsp3) is 0.500. The van der Waals surface area contributed by atoms with Gasteiger partial charge in [-0.3, -0.25) is 4.79 Å². The molecule has 0 aliphatic heterocycles. The van der Waals surface area contributed by atoms with Crippen molar-refractivity contribution in [2.75, 3.05) is 13.6 Å². The van der Waals surface area contributed by atoms with E-state index in [1.807, 2.05) is 32.0 Å². The lowest BCUT2D eigenvalue weighted by atomic mass is 10.1. The van der Waals surface area contributed by atoms with Crippen LogP contribution >= 0.6 is 0 Å². The van der Waals surface area contributed by atoms with Gasteiger partial charge >= 0.3 is 12.0 Å². The highest BCUT2D eigenvalue weighted by atomic mass is 16.4. The Hall–Kier alpha value is -2.04. The van der Waals surface area contributed by atoms with E-state index >= 15 is 0 Å². The van der Waals surface area contributed by atoms with E-state index in [4.69, 9.17) is 5.11 Å². The van der Waals surface area contributed by atoms with Crippen molar-refractivity contribution in [1.82, 2.24) is 10.2 Å². The van der Waals surface area contributed by atoms with Crippen LogP contribution in [0.1, 0.15) is 30.9 Å². The molecular weight excluding hydrogens is 268 g/mol. The molecule has 0 bridgehead atoms. The molecular formula is C16H24N2O3. The lowest BCUT2D eigenvalue weighted by Crippen LogP contribution is -2.38. The van der Waals surface area contributed by atoms with Gasteiger partial charge in [-0.25, -0.2) is 4.79 Å². The van der Waals surface area contributed by atoms with Crippen LogP contribution in [-0.2, 0) is 11.3 Å². The van der Waals surface area contributed by atoms with Crippen LogP contribution in [-0.4, -0.2) is 35.6 Å². The zero-order valence-electron chi connectivity index (χ0n) is 12.9. The largest absolute Gasteiger partial charge is 0.481 e. The number of aliphatic carboxylic acids is 1. The summed E-state index contributed by atoms with van der Waals surface area (Å²) in [6, 6.07) is 7.91. The highest BCUT2D eigenvalue weighted by Crippen LogP contribution is 2.07. The molecule has 0 fully saturated rings. The third kappa shape index (κ3) is 6.79. The van der Waals surface area contributed by atoms with Crippen molar-refractivity contribution in [1.29, 1.82) is 0 Å². The fourth-order valence-corrected chi connectivity index (χ4v) is 2.02. The van der Waals surface area contributed by atoms with E-state index in [9.17, 15) is 9.59 Å². The van der Waals surface area contributed by atoms with Crippen LogP contribution < -0.4 is 5.32 Å². The Balaban J connectivity index is 2.35. The number of carbonyl (C=O) groups is 2. The van der Waals surface area contributed by atoms with Crippen molar-refractivity contribution in [3.8, 4) is 0 Å². The normalized spacial score (nSPS) is 11.8. The molecule has 0 saturated carbocycles.